The highest BCUT2D eigenvalue weighted by Gasteiger charge is 2.41. The maximum Gasteiger partial charge on any atom is 0.407 e. The van der Waals surface area contributed by atoms with E-state index in [4.69, 9.17) is 19.4 Å². The number of benzene rings is 3. The van der Waals surface area contributed by atoms with Crippen LogP contribution in [0.1, 0.15) is 113 Å². The Bertz CT molecular complexity index is 2720. The minimum Gasteiger partial charge on any atom is -0.453 e. The summed E-state index contributed by atoms with van der Waals surface area (Å²) in [5, 5.41) is 15.7. The average molecular weight is 930 g/mol. The Kier molecular flexibility index (Phi) is 13.4. The summed E-state index contributed by atoms with van der Waals surface area (Å²) in [7, 11) is -1.19. The van der Waals surface area contributed by atoms with Crippen LogP contribution < -0.4 is 15.5 Å². The second-order valence-electron chi connectivity index (χ2n) is 18.4. The quantitative estimate of drug-likeness (QED) is 0.0776. The minimum atomic E-state index is -3.82. The number of hydrogen-bond donors (Lipinski definition) is 5. The highest BCUT2D eigenvalue weighted by molar-refractivity contribution is 7.90. The molecule has 2 aromatic heterocycles. The van der Waals surface area contributed by atoms with Gasteiger partial charge < -0.3 is 44.6 Å². The van der Waals surface area contributed by atoms with E-state index in [1.807, 2.05) is 69.0 Å². The fourth-order valence-electron chi connectivity index (χ4n) is 10.1. The van der Waals surface area contributed by atoms with E-state index in [1.165, 1.54) is 26.4 Å². The number of aromatic nitrogens is 4. The number of imidazole rings is 2. The van der Waals surface area contributed by atoms with Crippen molar-refractivity contribution >= 4 is 55.5 Å². The molecule has 5 N–H and O–H groups in total. The van der Waals surface area contributed by atoms with Crippen LogP contribution in [0.2, 0.25) is 0 Å². The summed E-state index contributed by atoms with van der Waals surface area (Å²) in [5.41, 5.74) is 5.41. The third-order valence-corrected chi connectivity index (χ3v) is 14.5. The van der Waals surface area contributed by atoms with Crippen molar-refractivity contribution in [2.45, 2.75) is 114 Å². The molecule has 3 fully saturated rings. The normalized spacial score (nSPS) is 21.7. The first-order valence-corrected chi connectivity index (χ1v) is 24.6. The molecule has 0 radical (unpaired) electrons. The molecule has 7 atom stereocenters. The van der Waals surface area contributed by atoms with Gasteiger partial charge in [0.05, 0.1) is 59.4 Å². The third-order valence-electron chi connectivity index (χ3n) is 13.4. The van der Waals surface area contributed by atoms with Crippen LogP contribution in [0.3, 0.4) is 0 Å². The molecule has 1 unspecified atom stereocenters. The number of likely N-dealkylation sites (tertiary alicyclic amines) is 2. The summed E-state index contributed by atoms with van der Waals surface area (Å²) in [5.74, 6) is -0.152. The van der Waals surface area contributed by atoms with Crippen LogP contribution >= 0.6 is 0 Å². The number of carbonyl (C=O) groups excluding carboxylic acids is 3. The van der Waals surface area contributed by atoms with Gasteiger partial charge in [0, 0.05) is 32.1 Å². The Balaban J connectivity index is 1.10. The van der Waals surface area contributed by atoms with Gasteiger partial charge >= 0.3 is 6.09 Å². The Morgan fingerprint density at radius 3 is 1.73 bits per heavy atom. The number of ether oxygens (including phenoxy) is 2. The van der Waals surface area contributed by atoms with E-state index in [9.17, 15) is 27.9 Å². The second-order valence-corrected chi connectivity index (χ2v) is 20.4. The standard InChI is InChI=1S/C47H60FN9O8S/c1-25(2)40(53-46(60)64-5)44(58)55-20-8-10-37(55)42-49-31-15-12-27(22-33(31)51-42)35-17-18-36(57(35)29-14-19-39(30(48)24-29)66(7,62)63)28-13-16-32-34(23-28)52-43(50-32)38-11-9-21-56(38)45(59)41(26(3)4)54-47(61)65-6/h12-16,19,22-26,35-38,40-41,46,53,60H,8-11,17-18,20-21H2,1-7H3,(H,49,51)(H,50,52)(H,54,61)/t35-,36-,37+,38+,40+,41+,46?/m1/s1. The van der Waals surface area contributed by atoms with Crippen LogP contribution in [0.5, 0.6) is 0 Å². The number of fused-ring (bicyclic) bond motifs is 2. The predicted molar refractivity (Wildman–Crippen MR) is 245 cm³/mol. The van der Waals surface area contributed by atoms with Gasteiger partial charge in [-0.3, -0.25) is 14.9 Å². The number of H-pyrrole nitrogens is 2. The summed E-state index contributed by atoms with van der Waals surface area (Å²) in [6.45, 7) is 8.64. The molecule has 3 aliphatic heterocycles. The van der Waals surface area contributed by atoms with Crippen LogP contribution in [0.25, 0.3) is 22.1 Å². The molecule has 354 valence electrons. The molecule has 5 aromatic rings. The van der Waals surface area contributed by atoms with Gasteiger partial charge in [0.15, 0.2) is 9.84 Å². The number of carbonyl (C=O) groups is 3. The first-order chi connectivity index (χ1) is 31.5. The maximum atomic E-state index is 15.8. The van der Waals surface area contributed by atoms with Gasteiger partial charge in [-0.1, -0.05) is 39.8 Å². The molecule has 3 aromatic carbocycles. The Labute approximate surface area is 383 Å². The van der Waals surface area contributed by atoms with Crippen molar-refractivity contribution < 1.29 is 41.8 Å². The van der Waals surface area contributed by atoms with Crippen LogP contribution in [0.15, 0.2) is 59.5 Å². The van der Waals surface area contributed by atoms with Crippen molar-refractivity contribution in [3.8, 4) is 0 Å². The molecule has 0 aliphatic carbocycles. The number of sulfone groups is 1. The molecule has 5 heterocycles. The maximum absolute atomic E-state index is 15.8. The summed E-state index contributed by atoms with van der Waals surface area (Å²) in [6, 6.07) is 13.7. The van der Waals surface area contributed by atoms with E-state index in [0.717, 1.165) is 58.7 Å². The number of alkyl carbamates (subject to hydrolysis) is 1. The minimum absolute atomic E-state index is 0.114. The number of hydrogen-bond acceptors (Lipinski definition) is 12. The van der Waals surface area contributed by atoms with E-state index < -0.39 is 40.2 Å². The summed E-state index contributed by atoms with van der Waals surface area (Å²) in [6.07, 6.45) is 3.40. The van der Waals surface area contributed by atoms with E-state index in [1.54, 1.807) is 11.0 Å². The fourth-order valence-corrected chi connectivity index (χ4v) is 10.8. The number of nitrogens with zero attached hydrogens (tertiary/aromatic N) is 5. The van der Waals surface area contributed by atoms with Gasteiger partial charge in [-0.2, -0.15) is 0 Å². The lowest BCUT2D eigenvalue weighted by Crippen LogP contribution is -2.52. The van der Waals surface area contributed by atoms with Gasteiger partial charge in [-0.25, -0.2) is 27.6 Å². The molecule has 3 aliphatic rings. The number of halogens is 1. The monoisotopic (exact) mass is 929 g/mol. The Hall–Kier alpha value is -5.63. The first-order valence-electron chi connectivity index (χ1n) is 22.7. The molecular formula is C47H60FN9O8S. The van der Waals surface area contributed by atoms with E-state index in [-0.39, 0.29) is 52.7 Å². The Morgan fingerprint density at radius 1 is 0.758 bits per heavy atom. The van der Waals surface area contributed by atoms with Crippen molar-refractivity contribution in [3.05, 3.63) is 83.2 Å². The topological polar surface area (TPSA) is 215 Å². The Morgan fingerprint density at radius 2 is 1.27 bits per heavy atom. The smallest absolute Gasteiger partial charge is 0.407 e. The largest absolute Gasteiger partial charge is 0.453 e. The zero-order chi connectivity index (χ0) is 47.2. The van der Waals surface area contributed by atoms with Crippen LogP contribution in [0.4, 0.5) is 14.9 Å². The van der Waals surface area contributed by atoms with Crippen molar-refractivity contribution in [1.82, 2.24) is 40.4 Å². The van der Waals surface area contributed by atoms with Gasteiger partial charge in [0.1, 0.15) is 28.4 Å². The lowest BCUT2D eigenvalue weighted by Gasteiger charge is -2.33. The van der Waals surface area contributed by atoms with Crippen molar-refractivity contribution in [2.75, 3.05) is 38.5 Å². The number of aliphatic hydroxyl groups is 1. The SMILES string of the molecule is COC(=O)N[C@H](C(=O)N1CCC[C@H]1c1nc2ccc([C@H]3CC[C@H](c4ccc5nc([C@@H]6CCCN6C(=O)[C@@H](NC(O)OC)C(C)C)[nH]c5c4)N3c3ccc(S(C)(=O)=O)c(F)c3)cc2[nH]1)C(C)C. The highest BCUT2D eigenvalue weighted by atomic mass is 32.2. The van der Waals surface area contributed by atoms with Crippen molar-refractivity contribution in [2.24, 2.45) is 11.8 Å². The van der Waals surface area contributed by atoms with Crippen LogP contribution in [0, 0.1) is 17.7 Å². The van der Waals surface area contributed by atoms with Gasteiger partial charge in [0.25, 0.3) is 0 Å². The number of aliphatic hydroxyl groups excluding tert-OH is 1. The molecule has 0 spiro atoms. The average Bonchev–Trinajstić information content (AvgIpc) is 4.14. The van der Waals surface area contributed by atoms with E-state index >= 15 is 4.39 Å². The third kappa shape index (κ3) is 9.22. The summed E-state index contributed by atoms with van der Waals surface area (Å²) in [4.78, 5) is 62.1. The molecule has 17 nitrogen and oxygen atoms in total. The van der Waals surface area contributed by atoms with Crippen LogP contribution in [-0.2, 0) is 28.9 Å². The number of methoxy groups -OCH3 is 2. The lowest BCUT2D eigenvalue weighted by atomic mass is 10.0. The number of amides is 3. The van der Waals surface area contributed by atoms with E-state index in [0.29, 0.717) is 49.7 Å². The molecular weight excluding hydrogens is 870 g/mol. The van der Waals surface area contributed by atoms with Gasteiger partial charge in [-0.15, -0.1) is 0 Å². The molecule has 8 rings (SSSR count). The molecule has 66 heavy (non-hydrogen) atoms. The molecule has 0 saturated carbocycles. The van der Waals surface area contributed by atoms with Gasteiger partial charge in [-0.05, 0) is 104 Å². The number of nitrogens with one attached hydrogen (secondary N) is 4. The highest BCUT2D eigenvalue weighted by Crippen LogP contribution is 2.48. The summed E-state index contributed by atoms with van der Waals surface area (Å²) >= 11 is 0. The summed E-state index contributed by atoms with van der Waals surface area (Å²) < 4.78 is 50.5. The number of anilines is 1. The van der Waals surface area contributed by atoms with Crippen molar-refractivity contribution in [1.29, 1.82) is 0 Å². The molecule has 0 bridgehead atoms. The van der Waals surface area contributed by atoms with Crippen LogP contribution in [-0.4, -0.2) is 113 Å². The van der Waals surface area contributed by atoms with E-state index in [2.05, 4.69) is 25.5 Å². The predicted octanol–water partition coefficient (Wildman–Crippen LogP) is 6.31. The van der Waals surface area contributed by atoms with Gasteiger partial charge in [0.2, 0.25) is 18.2 Å². The van der Waals surface area contributed by atoms with Crippen molar-refractivity contribution in [3.63, 3.8) is 0 Å². The second kappa shape index (κ2) is 18.9. The first kappa shape index (κ1) is 46.9. The number of aromatic amines is 2. The zero-order valence-corrected chi connectivity index (χ0v) is 39.2. The zero-order valence-electron chi connectivity index (χ0n) is 38.4. The molecule has 19 heteroatoms. The fraction of sp³-hybridized carbons (Fsp3) is 0.511. The molecule has 3 saturated heterocycles. The molecule has 3 amide bonds. The number of rotatable bonds is 14. The lowest BCUT2D eigenvalue weighted by molar-refractivity contribution is -0.145.